The molecule has 0 aromatic carbocycles. The van der Waals surface area contributed by atoms with Gasteiger partial charge in [0.1, 0.15) is 5.82 Å². The largest absolute Gasteiger partial charge is 0.238 e. The second-order valence-corrected chi connectivity index (χ2v) is 4.45. The molecular weight excluding hydrogens is 184 g/mol. The molecule has 1 heterocycles. The zero-order valence-electron chi connectivity index (χ0n) is 9.84. The molecule has 1 aliphatic carbocycles. The van der Waals surface area contributed by atoms with Crippen molar-refractivity contribution in [2.45, 2.75) is 58.8 Å². The van der Waals surface area contributed by atoms with Crippen LogP contribution in [-0.2, 0) is 19.3 Å². The molecule has 15 heavy (non-hydrogen) atoms. The Morgan fingerprint density at radius 2 is 2.00 bits per heavy atom. The Balaban J connectivity index is 2.15. The first-order chi connectivity index (χ1) is 7.31. The van der Waals surface area contributed by atoms with Gasteiger partial charge in [-0.15, -0.1) is 0 Å². The molecule has 0 amide bonds. The fourth-order valence-electron chi connectivity index (χ4n) is 2.39. The lowest BCUT2D eigenvalue weighted by Gasteiger charge is -2.07. The predicted octanol–water partition coefficient (Wildman–Crippen LogP) is 3.01. The van der Waals surface area contributed by atoms with Crippen molar-refractivity contribution >= 4 is 0 Å². The van der Waals surface area contributed by atoms with Gasteiger partial charge in [-0.2, -0.15) is 0 Å². The van der Waals surface area contributed by atoms with Crippen LogP contribution < -0.4 is 0 Å². The number of hydrogen-bond acceptors (Lipinski definition) is 2. The molecule has 0 spiro atoms. The molecule has 0 fully saturated rings. The fraction of sp³-hybridized carbons (Fsp3) is 0.692. The van der Waals surface area contributed by atoms with E-state index in [0.717, 1.165) is 12.2 Å². The molecule has 0 saturated heterocycles. The van der Waals surface area contributed by atoms with Crippen molar-refractivity contribution in [3.63, 3.8) is 0 Å². The maximum Gasteiger partial charge on any atom is 0.125 e. The van der Waals surface area contributed by atoms with E-state index in [1.54, 1.807) is 0 Å². The van der Waals surface area contributed by atoms with Crippen molar-refractivity contribution in [1.82, 2.24) is 9.97 Å². The molecule has 0 aliphatic heterocycles. The van der Waals surface area contributed by atoms with E-state index < -0.39 is 0 Å². The zero-order chi connectivity index (χ0) is 10.7. The quantitative estimate of drug-likeness (QED) is 0.705. The monoisotopic (exact) mass is 204 g/mol. The summed E-state index contributed by atoms with van der Waals surface area (Å²) in [7, 11) is 0. The molecule has 0 N–H and O–H groups in total. The van der Waals surface area contributed by atoms with E-state index in [-0.39, 0.29) is 0 Å². The first kappa shape index (κ1) is 10.6. The summed E-state index contributed by atoms with van der Waals surface area (Å²) in [5.41, 5.74) is 4.13. The van der Waals surface area contributed by atoms with Gasteiger partial charge in [-0.1, -0.05) is 19.8 Å². The summed E-state index contributed by atoms with van der Waals surface area (Å²) in [5.74, 6) is 0.960. The van der Waals surface area contributed by atoms with Gasteiger partial charge in [0.05, 0.1) is 0 Å². The highest BCUT2D eigenvalue weighted by Crippen LogP contribution is 2.23. The van der Waals surface area contributed by atoms with E-state index in [0.29, 0.717) is 0 Å². The van der Waals surface area contributed by atoms with Crippen molar-refractivity contribution in [2.75, 3.05) is 0 Å². The van der Waals surface area contributed by atoms with E-state index in [9.17, 15) is 0 Å². The van der Waals surface area contributed by atoms with E-state index in [2.05, 4.69) is 16.9 Å². The molecule has 2 rings (SSSR count). The predicted molar refractivity (Wildman–Crippen MR) is 62.0 cm³/mol. The van der Waals surface area contributed by atoms with Gasteiger partial charge in [0.15, 0.2) is 0 Å². The summed E-state index contributed by atoms with van der Waals surface area (Å²) in [5, 5.41) is 0. The molecule has 1 aromatic rings. The van der Waals surface area contributed by atoms with Crippen molar-refractivity contribution in [3.05, 3.63) is 22.8 Å². The van der Waals surface area contributed by atoms with Gasteiger partial charge >= 0.3 is 0 Å². The third-order valence-electron chi connectivity index (χ3n) is 3.15. The van der Waals surface area contributed by atoms with Crippen molar-refractivity contribution in [1.29, 1.82) is 0 Å². The summed E-state index contributed by atoms with van der Waals surface area (Å²) < 4.78 is 0. The molecule has 82 valence electrons. The van der Waals surface area contributed by atoms with E-state index in [1.807, 2.05) is 6.92 Å². The normalized spacial score (nSPS) is 14.3. The molecule has 0 radical (unpaired) electrons. The average Bonchev–Trinajstić information content (AvgIpc) is 2.65. The number of rotatable bonds is 4. The second kappa shape index (κ2) is 4.73. The van der Waals surface area contributed by atoms with Crippen LogP contribution in [0.2, 0.25) is 0 Å². The average molecular weight is 204 g/mol. The van der Waals surface area contributed by atoms with Crippen LogP contribution in [0, 0.1) is 6.92 Å². The van der Waals surface area contributed by atoms with Gasteiger partial charge in [-0.3, -0.25) is 0 Å². The minimum atomic E-state index is 0.960. The number of aryl methyl sites for hydroxylation is 3. The minimum absolute atomic E-state index is 0.960. The van der Waals surface area contributed by atoms with Gasteiger partial charge < -0.3 is 0 Å². The lowest BCUT2D eigenvalue weighted by molar-refractivity contribution is 0.697. The van der Waals surface area contributed by atoms with E-state index in [4.69, 9.17) is 0 Å². The lowest BCUT2D eigenvalue weighted by atomic mass is 10.1. The Hall–Kier alpha value is -0.920. The molecule has 0 unspecified atom stereocenters. The Morgan fingerprint density at radius 3 is 2.80 bits per heavy atom. The van der Waals surface area contributed by atoms with Crippen molar-refractivity contribution < 1.29 is 0 Å². The van der Waals surface area contributed by atoms with Crippen LogP contribution in [0.4, 0.5) is 0 Å². The molecule has 1 aliphatic rings. The van der Waals surface area contributed by atoms with Gasteiger partial charge in [0, 0.05) is 11.4 Å². The van der Waals surface area contributed by atoms with Gasteiger partial charge in [0.25, 0.3) is 0 Å². The molecular formula is C13H20N2. The molecule has 2 heteroatoms. The highest BCUT2D eigenvalue weighted by atomic mass is 14.9. The zero-order valence-corrected chi connectivity index (χ0v) is 9.84. The number of fused-ring (bicyclic) bond motifs is 1. The van der Waals surface area contributed by atoms with Gasteiger partial charge in [-0.05, 0) is 44.6 Å². The van der Waals surface area contributed by atoms with Gasteiger partial charge in [-0.25, -0.2) is 9.97 Å². The molecule has 0 atom stereocenters. The third kappa shape index (κ3) is 2.36. The third-order valence-corrected chi connectivity index (χ3v) is 3.15. The van der Waals surface area contributed by atoms with E-state index in [1.165, 1.54) is 55.5 Å². The Labute approximate surface area is 92.1 Å². The smallest absolute Gasteiger partial charge is 0.125 e. The van der Waals surface area contributed by atoms with Crippen LogP contribution in [0.3, 0.4) is 0 Å². The summed E-state index contributed by atoms with van der Waals surface area (Å²) in [6, 6.07) is 0. The Bertz CT molecular complexity index is 345. The minimum Gasteiger partial charge on any atom is -0.238 e. The number of aromatic nitrogens is 2. The standard InChI is InChI=1S/C13H20N2/c1-3-4-5-8-12-11-7-6-9-13(11)15-10(2)14-12/h3-9H2,1-2H3. The number of hydrogen-bond donors (Lipinski definition) is 0. The Kier molecular flexibility index (Phi) is 3.34. The first-order valence-electron chi connectivity index (χ1n) is 6.16. The SMILES string of the molecule is CCCCCc1nc(C)nc2c1CCC2. The lowest BCUT2D eigenvalue weighted by Crippen LogP contribution is -2.03. The maximum absolute atomic E-state index is 4.61. The van der Waals surface area contributed by atoms with Crippen LogP contribution in [-0.4, -0.2) is 9.97 Å². The summed E-state index contributed by atoms with van der Waals surface area (Å²) in [6.07, 6.45) is 8.67. The molecule has 2 nitrogen and oxygen atoms in total. The topological polar surface area (TPSA) is 25.8 Å². The second-order valence-electron chi connectivity index (χ2n) is 4.45. The summed E-state index contributed by atoms with van der Waals surface area (Å²) in [4.78, 5) is 9.14. The summed E-state index contributed by atoms with van der Waals surface area (Å²) >= 11 is 0. The van der Waals surface area contributed by atoms with Crippen LogP contribution in [0.5, 0.6) is 0 Å². The number of unbranched alkanes of at least 4 members (excludes halogenated alkanes) is 2. The highest BCUT2D eigenvalue weighted by molar-refractivity contribution is 5.30. The van der Waals surface area contributed by atoms with Crippen LogP contribution in [0.15, 0.2) is 0 Å². The van der Waals surface area contributed by atoms with Crippen molar-refractivity contribution in [3.8, 4) is 0 Å². The van der Waals surface area contributed by atoms with Crippen LogP contribution in [0.1, 0.15) is 55.4 Å². The fourth-order valence-corrected chi connectivity index (χ4v) is 2.39. The maximum atomic E-state index is 4.61. The highest BCUT2D eigenvalue weighted by Gasteiger charge is 2.17. The van der Waals surface area contributed by atoms with Crippen molar-refractivity contribution in [2.24, 2.45) is 0 Å². The molecule has 1 aromatic heterocycles. The molecule has 0 bridgehead atoms. The van der Waals surface area contributed by atoms with Gasteiger partial charge in [0.2, 0.25) is 0 Å². The first-order valence-corrected chi connectivity index (χ1v) is 6.16. The number of nitrogens with zero attached hydrogens (tertiary/aromatic N) is 2. The Morgan fingerprint density at radius 1 is 1.13 bits per heavy atom. The molecule has 0 saturated carbocycles. The van der Waals surface area contributed by atoms with Crippen LogP contribution >= 0.6 is 0 Å². The summed E-state index contributed by atoms with van der Waals surface area (Å²) in [6.45, 7) is 4.26. The van der Waals surface area contributed by atoms with E-state index >= 15 is 0 Å². The van der Waals surface area contributed by atoms with Crippen LogP contribution in [0.25, 0.3) is 0 Å².